The molecule has 0 N–H and O–H groups in total. The largest absolute Gasteiger partial charge is 0.443 e. The van der Waals surface area contributed by atoms with Crippen molar-refractivity contribution in [2.45, 2.75) is 45.6 Å². The molecule has 1 nitrogen and oxygen atoms in total. The van der Waals surface area contributed by atoms with Gasteiger partial charge in [0.1, 0.15) is 0 Å². The Morgan fingerprint density at radius 3 is 2.00 bits per heavy atom. The molecule has 0 aromatic rings. The SMILES string of the molecule is [B]OC1(C)CC2CC(C1)C2(C)C. The Balaban J connectivity index is 2.10. The van der Waals surface area contributed by atoms with Gasteiger partial charge in [-0.3, -0.25) is 0 Å². The average Bonchev–Trinajstić information content (AvgIpc) is 2.04. The lowest BCUT2D eigenvalue weighted by atomic mass is 9.46. The summed E-state index contributed by atoms with van der Waals surface area (Å²) in [5.41, 5.74) is 0.529. The molecular formula is C10H17BO. The summed E-state index contributed by atoms with van der Waals surface area (Å²) < 4.78 is 5.07. The van der Waals surface area contributed by atoms with Crippen LogP contribution in [-0.2, 0) is 4.65 Å². The van der Waals surface area contributed by atoms with Crippen molar-refractivity contribution in [2.24, 2.45) is 17.3 Å². The number of hydrogen-bond donors (Lipinski definition) is 0. The van der Waals surface area contributed by atoms with E-state index >= 15 is 0 Å². The topological polar surface area (TPSA) is 9.23 Å². The Labute approximate surface area is 76.3 Å². The molecule has 0 heterocycles. The normalized spacial score (nSPS) is 49.9. The molecule has 3 rings (SSSR count). The fraction of sp³-hybridized carbons (Fsp3) is 1.00. The molecule has 66 valence electrons. The highest BCUT2D eigenvalue weighted by atomic mass is 16.4. The van der Waals surface area contributed by atoms with E-state index in [1.165, 1.54) is 6.42 Å². The minimum absolute atomic E-state index is 0.0247. The van der Waals surface area contributed by atoms with Crippen LogP contribution in [0.15, 0.2) is 0 Å². The molecule has 12 heavy (non-hydrogen) atoms. The predicted octanol–water partition coefficient (Wildman–Crippen LogP) is 2.30. The van der Waals surface area contributed by atoms with E-state index in [1.54, 1.807) is 0 Å². The first kappa shape index (κ1) is 8.62. The molecule has 2 heteroatoms. The molecule has 3 aliphatic carbocycles. The standard InChI is InChI=1S/C10H17BO/c1-9(2)7-4-8(9)6-10(3,5-7)12-11/h7-8H,4-6H2,1-3H3. The third-order valence-electron chi connectivity index (χ3n) is 4.31. The number of hydrogen-bond acceptors (Lipinski definition) is 1. The van der Waals surface area contributed by atoms with Gasteiger partial charge in [0.15, 0.2) is 0 Å². The second kappa shape index (κ2) is 2.28. The van der Waals surface area contributed by atoms with Crippen LogP contribution in [-0.4, -0.2) is 13.7 Å². The molecule has 0 spiro atoms. The first-order valence-corrected chi connectivity index (χ1v) is 4.86. The van der Waals surface area contributed by atoms with E-state index in [4.69, 9.17) is 12.7 Å². The van der Waals surface area contributed by atoms with Gasteiger partial charge in [0.25, 0.3) is 8.05 Å². The van der Waals surface area contributed by atoms with E-state index in [0.29, 0.717) is 5.41 Å². The van der Waals surface area contributed by atoms with Gasteiger partial charge in [0, 0.05) is 5.60 Å². The lowest BCUT2D eigenvalue weighted by molar-refractivity contribution is -0.146. The molecule has 3 saturated carbocycles. The molecule has 0 aromatic carbocycles. The van der Waals surface area contributed by atoms with Gasteiger partial charge in [-0.2, -0.15) is 0 Å². The highest BCUT2D eigenvalue weighted by Crippen LogP contribution is 2.62. The van der Waals surface area contributed by atoms with Gasteiger partial charge in [0.05, 0.1) is 0 Å². The van der Waals surface area contributed by atoms with Crippen molar-refractivity contribution < 1.29 is 4.65 Å². The molecule has 0 amide bonds. The molecule has 2 bridgehead atoms. The van der Waals surface area contributed by atoms with E-state index in [-0.39, 0.29) is 5.60 Å². The third-order valence-corrected chi connectivity index (χ3v) is 4.31. The number of fused-ring (bicyclic) bond motifs is 2. The van der Waals surface area contributed by atoms with Gasteiger partial charge in [-0.25, -0.2) is 0 Å². The Kier molecular flexibility index (Phi) is 1.64. The minimum Gasteiger partial charge on any atom is -0.443 e. The van der Waals surface area contributed by atoms with Crippen molar-refractivity contribution in [2.75, 3.05) is 0 Å². The van der Waals surface area contributed by atoms with Gasteiger partial charge in [-0.05, 0) is 43.4 Å². The summed E-state index contributed by atoms with van der Waals surface area (Å²) in [6, 6.07) is 0. The molecule has 2 atom stereocenters. The summed E-state index contributed by atoms with van der Waals surface area (Å²) in [4.78, 5) is 0. The van der Waals surface area contributed by atoms with Crippen LogP contribution in [0, 0.1) is 17.3 Å². The molecule has 0 aliphatic heterocycles. The van der Waals surface area contributed by atoms with Crippen LogP contribution < -0.4 is 0 Å². The monoisotopic (exact) mass is 164 g/mol. The Morgan fingerprint density at radius 1 is 1.17 bits per heavy atom. The minimum atomic E-state index is -0.0247. The molecule has 3 aliphatic rings. The van der Waals surface area contributed by atoms with E-state index in [2.05, 4.69) is 20.8 Å². The lowest BCUT2D eigenvalue weighted by Gasteiger charge is -2.61. The van der Waals surface area contributed by atoms with Crippen LogP contribution in [0.1, 0.15) is 40.0 Å². The first-order chi connectivity index (χ1) is 5.48. The molecule has 0 aromatic heterocycles. The van der Waals surface area contributed by atoms with Gasteiger partial charge in [-0.15, -0.1) is 0 Å². The molecule has 2 unspecified atom stereocenters. The van der Waals surface area contributed by atoms with Crippen LogP contribution in [0.25, 0.3) is 0 Å². The Hall–Kier alpha value is 0.0249. The highest BCUT2D eigenvalue weighted by Gasteiger charge is 2.56. The van der Waals surface area contributed by atoms with E-state index < -0.39 is 0 Å². The maximum Gasteiger partial charge on any atom is 0.283 e. The van der Waals surface area contributed by atoms with Gasteiger partial charge in [-0.1, -0.05) is 13.8 Å². The van der Waals surface area contributed by atoms with Gasteiger partial charge >= 0.3 is 0 Å². The van der Waals surface area contributed by atoms with Crippen molar-refractivity contribution in [1.82, 2.24) is 0 Å². The second-order valence-corrected chi connectivity index (χ2v) is 5.43. The summed E-state index contributed by atoms with van der Waals surface area (Å²) in [5.74, 6) is 1.68. The van der Waals surface area contributed by atoms with Crippen molar-refractivity contribution >= 4 is 8.05 Å². The van der Waals surface area contributed by atoms with Crippen molar-refractivity contribution in [3.05, 3.63) is 0 Å². The van der Waals surface area contributed by atoms with Crippen LogP contribution >= 0.6 is 0 Å². The highest BCUT2D eigenvalue weighted by molar-refractivity contribution is 5.98. The number of rotatable bonds is 1. The summed E-state index contributed by atoms with van der Waals surface area (Å²) >= 11 is 0. The summed E-state index contributed by atoms with van der Waals surface area (Å²) in [6.07, 6.45) is 3.69. The van der Waals surface area contributed by atoms with E-state index in [0.717, 1.165) is 24.7 Å². The van der Waals surface area contributed by atoms with Gasteiger partial charge < -0.3 is 4.65 Å². The Bertz CT molecular complexity index is 186. The average molecular weight is 164 g/mol. The summed E-state index contributed by atoms with van der Waals surface area (Å²) in [6.45, 7) is 6.89. The van der Waals surface area contributed by atoms with Crippen LogP contribution in [0.5, 0.6) is 0 Å². The third kappa shape index (κ3) is 0.969. The second-order valence-electron chi connectivity index (χ2n) is 5.43. The quantitative estimate of drug-likeness (QED) is 0.540. The van der Waals surface area contributed by atoms with Crippen molar-refractivity contribution in [3.8, 4) is 0 Å². The first-order valence-electron chi connectivity index (χ1n) is 4.86. The van der Waals surface area contributed by atoms with Crippen molar-refractivity contribution in [1.29, 1.82) is 0 Å². The van der Waals surface area contributed by atoms with E-state index in [9.17, 15) is 0 Å². The zero-order valence-electron chi connectivity index (χ0n) is 8.26. The molecule has 0 saturated heterocycles. The fourth-order valence-corrected chi connectivity index (χ4v) is 3.04. The van der Waals surface area contributed by atoms with Crippen LogP contribution in [0.3, 0.4) is 0 Å². The maximum atomic E-state index is 5.31. The maximum absolute atomic E-state index is 5.31. The fourth-order valence-electron chi connectivity index (χ4n) is 3.04. The Morgan fingerprint density at radius 2 is 1.67 bits per heavy atom. The van der Waals surface area contributed by atoms with E-state index in [1.807, 2.05) is 0 Å². The smallest absolute Gasteiger partial charge is 0.283 e. The molecule has 2 radical (unpaired) electrons. The predicted molar refractivity (Wildman–Crippen MR) is 49.9 cm³/mol. The molecule has 3 fully saturated rings. The summed E-state index contributed by atoms with van der Waals surface area (Å²) in [5, 5.41) is 0. The van der Waals surface area contributed by atoms with Crippen molar-refractivity contribution in [3.63, 3.8) is 0 Å². The summed E-state index contributed by atoms with van der Waals surface area (Å²) in [7, 11) is 5.31. The molecular weight excluding hydrogens is 147 g/mol. The van der Waals surface area contributed by atoms with Crippen LogP contribution in [0.4, 0.5) is 0 Å². The zero-order valence-corrected chi connectivity index (χ0v) is 8.26. The van der Waals surface area contributed by atoms with Gasteiger partial charge in [0.2, 0.25) is 0 Å². The lowest BCUT2D eigenvalue weighted by Crippen LogP contribution is -2.56. The van der Waals surface area contributed by atoms with Crippen LogP contribution in [0.2, 0.25) is 0 Å². The zero-order chi connectivity index (χ0) is 8.98.